The fourth-order valence-electron chi connectivity index (χ4n) is 3.08. The standard InChI is InChI=1S/C21H13F3N4O3S/c1-32(29,30)20-7-5-15(12-26-20)28-17(10-19(27-28)21(22,23)24)13-4-6-16(14(9-13)11-25)18-3-2-8-31-18/h2-10,12H,1H3. The van der Waals surface area contributed by atoms with E-state index in [1.807, 2.05) is 6.07 Å². The van der Waals surface area contributed by atoms with Crippen molar-refractivity contribution in [3.05, 3.63) is 72.2 Å². The van der Waals surface area contributed by atoms with Gasteiger partial charge < -0.3 is 4.42 Å². The SMILES string of the molecule is CS(=O)(=O)c1ccc(-n2nc(C(F)(F)F)cc2-c2ccc(-c3ccco3)c(C#N)c2)cn1. The van der Waals surface area contributed by atoms with Crippen LogP contribution in [0.3, 0.4) is 0 Å². The zero-order chi connectivity index (χ0) is 23.1. The molecule has 0 unspecified atom stereocenters. The second kappa shape index (κ2) is 7.65. The zero-order valence-electron chi connectivity index (χ0n) is 16.3. The number of halogens is 3. The van der Waals surface area contributed by atoms with E-state index < -0.39 is 21.7 Å². The lowest BCUT2D eigenvalue weighted by Crippen LogP contribution is -2.08. The van der Waals surface area contributed by atoms with Crippen LogP contribution in [0.1, 0.15) is 11.3 Å². The molecule has 0 fully saturated rings. The van der Waals surface area contributed by atoms with Crippen molar-refractivity contribution in [1.82, 2.24) is 14.8 Å². The Morgan fingerprint density at radius 3 is 2.47 bits per heavy atom. The molecule has 4 rings (SSSR count). The number of benzene rings is 1. The van der Waals surface area contributed by atoms with E-state index in [4.69, 9.17) is 4.42 Å². The van der Waals surface area contributed by atoms with Gasteiger partial charge in [-0.05, 0) is 42.5 Å². The van der Waals surface area contributed by atoms with Gasteiger partial charge in [0.15, 0.2) is 20.6 Å². The predicted molar refractivity (Wildman–Crippen MR) is 107 cm³/mol. The molecule has 0 spiro atoms. The van der Waals surface area contributed by atoms with Gasteiger partial charge in [-0.1, -0.05) is 6.07 Å². The van der Waals surface area contributed by atoms with E-state index in [0.29, 0.717) is 16.9 Å². The fourth-order valence-corrected chi connectivity index (χ4v) is 3.64. The van der Waals surface area contributed by atoms with E-state index in [1.54, 1.807) is 24.3 Å². The highest BCUT2D eigenvalue weighted by Crippen LogP contribution is 2.35. The van der Waals surface area contributed by atoms with Gasteiger partial charge in [-0.15, -0.1) is 0 Å². The van der Waals surface area contributed by atoms with Crippen LogP contribution in [0.4, 0.5) is 13.2 Å². The molecule has 162 valence electrons. The Bertz CT molecular complexity index is 1430. The van der Waals surface area contributed by atoms with Crippen LogP contribution in [0.2, 0.25) is 0 Å². The van der Waals surface area contributed by atoms with Crippen LogP contribution in [-0.2, 0) is 16.0 Å². The molecule has 0 radical (unpaired) electrons. The van der Waals surface area contributed by atoms with Gasteiger partial charge in [-0.25, -0.2) is 18.1 Å². The lowest BCUT2D eigenvalue weighted by Gasteiger charge is -2.09. The van der Waals surface area contributed by atoms with E-state index in [0.717, 1.165) is 23.2 Å². The summed E-state index contributed by atoms with van der Waals surface area (Å²) in [4.78, 5) is 3.82. The summed E-state index contributed by atoms with van der Waals surface area (Å²) >= 11 is 0. The van der Waals surface area contributed by atoms with Gasteiger partial charge in [0.25, 0.3) is 0 Å². The van der Waals surface area contributed by atoms with Gasteiger partial charge in [-0.3, -0.25) is 0 Å². The third kappa shape index (κ3) is 4.00. The molecule has 0 saturated carbocycles. The number of hydrogen-bond acceptors (Lipinski definition) is 6. The lowest BCUT2D eigenvalue weighted by atomic mass is 10.0. The molecule has 0 aliphatic heterocycles. The predicted octanol–water partition coefficient (Wildman–Crippen LogP) is 4.49. The molecule has 4 aromatic rings. The first kappa shape index (κ1) is 21.3. The van der Waals surface area contributed by atoms with Gasteiger partial charge in [0.2, 0.25) is 0 Å². The Balaban J connectivity index is 1.88. The second-order valence-electron chi connectivity index (χ2n) is 6.80. The molecule has 1 aromatic carbocycles. The lowest BCUT2D eigenvalue weighted by molar-refractivity contribution is -0.141. The third-order valence-electron chi connectivity index (χ3n) is 4.57. The number of nitrogens with zero attached hydrogens (tertiary/aromatic N) is 4. The van der Waals surface area contributed by atoms with E-state index in [2.05, 4.69) is 10.1 Å². The first-order valence-electron chi connectivity index (χ1n) is 9.00. The minimum absolute atomic E-state index is 0.0497. The summed E-state index contributed by atoms with van der Waals surface area (Å²) in [6.45, 7) is 0. The highest BCUT2D eigenvalue weighted by atomic mass is 32.2. The van der Waals surface area contributed by atoms with Crippen molar-refractivity contribution >= 4 is 9.84 Å². The van der Waals surface area contributed by atoms with Crippen molar-refractivity contribution in [3.8, 4) is 34.3 Å². The Hall–Kier alpha value is -3.91. The topological polar surface area (TPSA) is 102 Å². The number of alkyl halides is 3. The highest BCUT2D eigenvalue weighted by molar-refractivity contribution is 7.90. The molecule has 0 bridgehead atoms. The summed E-state index contributed by atoms with van der Waals surface area (Å²) in [5.74, 6) is 0.443. The maximum Gasteiger partial charge on any atom is 0.435 e. The summed E-state index contributed by atoms with van der Waals surface area (Å²) in [7, 11) is -3.58. The van der Waals surface area contributed by atoms with Gasteiger partial charge in [0, 0.05) is 17.4 Å². The smallest absolute Gasteiger partial charge is 0.435 e. The average molecular weight is 458 g/mol. The molecule has 0 N–H and O–H groups in total. The van der Waals surface area contributed by atoms with Gasteiger partial charge in [-0.2, -0.15) is 23.5 Å². The molecular formula is C21H13F3N4O3S. The summed E-state index contributed by atoms with van der Waals surface area (Å²) in [6, 6.07) is 13.2. The van der Waals surface area contributed by atoms with Crippen LogP contribution in [0.15, 0.2) is 70.4 Å². The molecule has 0 atom stereocenters. The van der Waals surface area contributed by atoms with Gasteiger partial charge in [0.1, 0.15) is 5.76 Å². The number of rotatable bonds is 4. The normalized spacial score (nSPS) is 12.0. The largest absolute Gasteiger partial charge is 0.464 e. The van der Waals surface area contributed by atoms with Crippen LogP contribution in [-0.4, -0.2) is 29.4 Å². The number of aromatic nitrogens is 3. The Morgan fingerprint density at radius 2 is 1.91 bits per heavy atom. The molecule has 3 aromatic heterocycles. The summed E-state index contributed by atoms with van der Waals surface area (Å²) < 4.78 is 69.8. The minimum Gasteiger partial charge on any atom is -0.464 e. The molecule has 0 amide bonds. The quantitative estimate of drug-likeness (QED) is 0.447. The van der Waals surface area contributed by atoms with Crippen LogP contribution in [0.5, 0.6) is 0 Å². The summed E-state index contributed by atoms with van der Waals surface area (Å²) in [5.41, 5.74) is 0.0115. The number of furan rings is 1. The van der Waals surface area contributed by atoms with Crippen molar-refractivity contribution in [2.45, 2.75) is 11.2 Å². The van der Waals surface area contributed by atoms with Crippen molar-refractivity contribution in [3.63, 3.8) is 0 Å². The molecule has 7 nitrogen and oxygen atoms in total. The van der Waals surface area contributed by atoms with Crippen LogP contribution in [0.25, 0.3) is 28.3 Å². The van der Waals surface area contributed by atoms with E-state index in [9.17, 15) is 26.9 Å². The van der Waals surface area contributed by atoms with Gasteiger partial charge in [0.05, 0.1) is 35.5 Å². The van der Waals surface area contributed by atoms with Crippen molar-refractivity contribution in [1.29, 1.82) is 5.26 Å². The molecule has 11 heteroatoms. The maximum atomic E-state index is 13.4. The third-order valence-corrected chi connectivity index (χ3v) is 5.57. The fraction of sp³-hybridized carbons (Fsp3) is 0.0952. The van der Waals surface area contributed by atoms with Crippen LogP contribution < -0.4 is 0 Å². The molecule has 32 heavy (non-hydrogen) atoms. The van der Waals surface area contributed by atoms with Crippen molar-refractivity contribution in [2.24, 2.45) is 0 Å². The molecule has 0 saturated heterocycles. The summed E-state index contributed by atoms with van der Waals surface area (Å²) in [5, 5.41) is 13.0. The Labute approximate surface area is 180 Å². The zero-order valence-corrected chi connectivity index (χ0v) is 17.1. The number of nitriles is 1. The van der Waals surface area contributed by atoms with E-state index >= 15 is 0 Å². The van der Waals surface area contributed by atoms with Crippen LogP contribution in [0, 0.1) is 11.3 Å². The van der Waals surface area contributed by atoms with Crippen LogP contribution >= 0.6 is 0 Å². The summed E-state index contributed by atoms with van der Waals surface area (Å²) in [6.07, 6.45) is -1.18. The van der Waals surface area contributed by atoms with E-state index in [-0.39, 0.29) is 22.0 Å². The second-order valence-corrected chi connectivity index (χ2v) is 8.76. The first-order chi connectivity index (χ1) is 15.1. The maximum absolute atomic E-state index is 13.4. The molecule has 3 heterocycles. The molecular weight excluding hydrogens is 445 g/mol. The number of pyridine rings is 1. The van der Waals surface area contributed by atoms with E-state index in [1.165, 1.54) is 24.5 Å². The monoisotopic (exact) mass is 458 g/mol. The van der Waals surface area contributed by atoms with Crippen molar-refractivity contribution < 1.29 is 26.0 Å². The average Bonchev–Trinajstić information content (AvgIpc) is 3.43. The number of hydrogen-bond donors (Lipinski definition) is 0. The first-order valence-corrected chi connectivity index (χ1v) is 10.9. The highest BCUT2D eigenvalue weighted by Gasteiger charge is 2.35. The minimum atomic E-state index is -4.72. The number of sulfone groups is 1. The Morgan fingerprint density at radius 1 is 1.12 bits per heavy atom. The van der Waals surface area contributed by atoms with Gasteiger partial charge >= 0.3 is 6.18 Å². The molecule has 0 aliphatic carbocycles. The Kier molecular flexibility index (Phi) is 5.10. The molecule has 0 aliphatic rings. The van der Waals surface area contributed by atoms with Crippen molar-refractivity contribution in [2.75, 3.05) is 6.26 Å².